The number of nitrogen functional groups attached to an aromatic ring is 1. The number of fused-ring (bicyclic) bond motifs is 3. The fraction of sp³-hybridized carbons (Fsp3) is 0.389. The monoisotopic (exact) mass is 1600 g/mol. The van der Waals surface area contributed by atoms with Crippen LogP contribution >= 0.6 is 23.1 Å². The average Bonchev–Trinajstić information content (AvgIpc) is 1.57. The average molecular weight is 1600 g/mol. The molecule has 0 bridgehead atoms. The predicted octanol–water partition coefficient (Wildman–Crippen LogP) is 3.72. The Balaban J connectivity index is 0.000000201. The van der Waals surface area contributed by atoms with Gasteiger partial charge < -0.3 is 64.3 Å². The fourth-order valence-electron chi connectivity index (χ4n) is 13.1. The van der Waals surface area contributed by atoms with E-state index in [1.807, 2.05) is 60.7 Å². The molecule has 15 rings (SSSR count). The number of aromatic hydroxyl groups is 2. The third-order valence-electron chi connectivity index (χ3n) is 19.1. The van der Waals surface area contributed by atoms with Crippen molar-refractivity contribution in [1.82, 2.24) is 38.6 Å². The summed E-state index contributed by atoms with van der Waals surface area (Å²) in [6, 6.07) is 19.0. The van der Waals surface area contributed by atoms with E-state index in [9.17, 15) is 87.5 Å². The van der Waals surface area contributed by atoms with Crippen LogP contribution in [0, 0.1) is 18.8 Å². The summed E-state index contributed by atoms with van der Waals surface area (Å²) in [6.07, 6.45) is -2.25. The molecule has 39 nitrogen and oxygen atoms in total. The third kappa shape index (κ3) is 13.7. The number of anilines is 1. The van der Waals surface area contributed by atoms with Gasteiger partial charge in [-0.1, -0.05) is 71.0 Å². The number of imide groups is 2. The van der Waals surface area contributed by atoms with E-state index in [-0.39, 0.29) is 87.0 Å². The Labute approximate surface area is 644 Å². The number of hydroxylamine groups is 4. The lowest BCUT2D eigenvalue weighted by Gasteiger charge is -2.35. The number of nitrogens with two attached hydrogens (primary N) is 1. The highest BCUT2D eigenvalue weighted by Crippen LogP contribution is 2.52. The zero-order valence-electron chi connectivity index (χ0n) is 60.4. The number of hydrogen-bond donors (Lipinski definition) is 5. The van der Waals surface area contributed by atoms with E-state index in [2.05, 4.69) is 29.0 Å². The highest BCUT2D eigenvalue weighted by Gasteiger charge is 2.68. The number of carbonyl (C=O) groups excluding carboxylic acids is 12. The van der Waals surface area contributed by atoms with Gasteiger partial charge in [-0.05, 0) is 84.3 Å². The number of amides is 6. The summed E-state index contributed by atoms with van der Waals surface area (Å²) in [4.78, 5) is 219. The number of carbonyl (C=O) groups is 14. The Morgan fingerprint density at radius 3 is 1.36 bits per heavy atom. The van der Waals surface area contributed by atoms with Crippen LogP contribution in [0.1, 0.15) is 162 Å². The van der Waals surface area contributed by atoms with Gasteiger partial charge in [0.2, 0.25) is 17.0 Å². The highest BCUT2D eigenvalue weighted by atomic mass is 32.1. The number of hydrogen-bond acceptors (Lipinski definition) is 35. The van der Waals surface area contributed by atoms with Crippen molar-refractivity contribution in [3.63, 3.8) is 0 Å². The van der Waals surface area contributed by atoms with Crippen LogP contribution in [0.2, 0.25) is 0 Å². The maximum absolute atomic E-state index is 14.3. The number of carboxylic acid groups (broad SMARTS) is 2. The maximum Gasteiger partial charge on any atom is 0.375 e. The van der Waals surface area contributed by atoms with E-state index in [1.54, 1.807) is 48.5 Å². The highest BCUT2D eigenvalue weighted by molar-refractivity contribution is 7.09. The van der Waals surface area contributed by atoms with Gasteiger partial charge in [-0.3, -0.25) is 57.8 Å². The van der Waals surface area contributed by atoms with Crippen molar-refractivity contribution in [2.75, 3.05) is 18.9 Å². The molecule has 0 spiro atoms. The quantitative estimate of drug-likeness (QED) is 0.0161. The molecule has 9 aliphatic rings. The molecular weight excluding hydrogens is 1530 g/mol. The van der Waals surface area contributed by atoms with Gasteiger partial charge in [0.25, 0.3) is 35.4 Å². The molecule has 2 saturated carbocycles. The smallest absolute Gasteiger partial charge is 0.375 e. The minimum absolute atomic E-state index is 0.0611. The molecule has 2 unspecified atom stereocenters. The van der Waals surface area contributed by atoms with Gasteiger partial charge in [-0.2, -0.15) is 23.9 Å². The zero-order valence-corrected chi connectivity index (χ0v) is 62.0. The fourth-order valence-corrected chi connectivity index (χ4v) is 14.0. The van der Waals surface area contributed by atoms with Crippen molar-refractivity contribution in [3.8, 4) is 23.0 Å². The number of nitrogens with zero attached hydrogens (tertiary/aromatic N) is 10. The van der Waals surface area contributed by atoms with Gasteiger partial charge in [0, 0.05) is 61.2 Å². The van der Waals surface area contributed by atoms with Gasteiger partial charge >= 0.3 is 53.1 Å². The van der Waals surface area contributed by atoms with Crippen molar-refractivity contribution in [2.45, 2.75) is 152 Å². The number of ether oxygens (including phenoxy) is 6. The van der Waals surface area contributed by atoms with Crippen LogP contribution in [0.15, 0.2) is 95.2 Å². The summed E-state index contributed by atoms with van der Waals surface area (Å²) >= 11 is 1.68. The van der Waals surface area contributed by atoms with Crippen molar-refractivity contribution in [1.29, 1.82) is 0 Å². The van der Waals surface area contributed by atoms with Crippen LogP contribution < -0.4 is 15.2 Å². The molecule has 6 fully saturated rings. The first-order valence-corrected chi connectivity index (χ1v) is 36.2. The lowest BCUT2D eigenvalue weighted by Crippen LogP contribution is -2.57. The van der Waals surface area contributed by atoms with Gasteiger partial charge in [-0.25, -0.2) is 33.8 Å². The number of aliphatic carboxylic acids is 2. The Kier molecular flexibility index (Phi) is 19.0. The van der Waals surface area contributed by atoms with Gasteiger partial charge in [0.1, 0.15) is 28.3 Å². The second-order valence-corrected chi connectivity index (χ2v) is 31.1. The normalized spacial score (nSPS) is 23.7. The molecule has 6 amide bonds. The molecule has 7 aliphatic heterocycles. The first-order valence-electron chi connectivity index (χ1n) is 34.6. The van der Waals surface area contributed by atoms with Crippen LogP contribution in [0.25, 0.3) is 0 Å². The number of benzene rings is 4. The molecule has 4 aromatic carbocycles. The van der Waals surface area contributed by atoms with Crippen molar-refractivity contribution >= 4 is 122 Å². The number of cyclic esters (lactones) is 2. The summed E-state index contributed by atoms with van der Waals surface area (Å²) in [5, 5.41) is 47.9. The van der Waals surface area contributed by atoms with Crippen LogP contribution in [0.4, 0.5) is 5.13 Å². The van der Waals surface area contributed by atoms with E-state index in [0.717, 1.165) is 23.7 Å². The third-order valence-corrected chi connectivity index (χ3v) is 20.2. The molecule has 6 atom stereocenters. The molecule has 4 saturated heterocycles. The molecule has 9 heterocycles. The molecule has 588 valence electrons. The van der Waals surface area contributed by atoms with E-state index >= 15 is 0 Å². The Morgan fingerprint density at radius 1 is 0.549 bits per heavy atom. The number of ketones is 2. The minimum Gasteiger partial charge on any atom is -0.504 e. The van der Waals surface area contributed by atoms with E-state index in [1.165, 1.54) is 12.1 Å². The number of oxime groups is 2. The largest absolute Gasteiger partial charge is 0.504 e. The number of esters is 4. The number of Topliss-reactive ketones (excluding diaryl/α,β-unsaturated/α-hetero) is 2. The van der Waals surface area contributed by atoms with Gasteiger partial charge in [-0.15, -0.1) is 0 Å². The standard InChI is InChI=1S/C47H45N5O14S.C25H20N6O14S/c1-25-48-36(50-67-25)35(49-66-45(18-19-45)41(58)64-43(2,3)4)32(53)20-26-24-60-52(37(26)54)46(42(59)65-44(5,6)7)23-31(40(57)63-46)51-38(55)29-21-33-34(22-30(29)39(51)56)62-47(61-33,27-14-10-8-11-15-27)28-16-12-9-13-17-28;26-23-27-16(29-46-23)15(28-45-24(1-2-24)21(39)40)14(34)3-8-7-43-31(17(8)35)25(22(41)42)6-11(20(38)44-25)30-18(36)9-4-12(32)13(33)5-10(9)19(30)37/h8-17,21-22,26,31H,18-20,23-24H2,1-7H3;4-5,8,11,32-33H,1-3,6-7H2,(H,39,40)(H,41,42)(H2,26,27,29)/b49-35+;28-15+/t26-,31-,46?;8-,11-,25?/m00/s1. The summed E-state index contributed by atoms with van der Waals surface area (Å²) in [5.41, 5.74) is -5.63. The molecule has 6 aromatic rings. The number of phenolic OH excluding ortho intramolecular Hbond substituents is 2. The Morgan fingerprint density at radius 2 is 0.956 bits per heavy atom. The van der Waals surface area contributed by atoms with Crippen molar-refractivity contribution in [3.05, 3.63) is 135 Å². The van der Waals surface area contributed by atoms with E-state index in [0.29, 0.717) is 42.5 Å². The first kappa shape index (κ1) is 77.0. The Bertz CT molecular complexity index is 5070. The number of phenols is 2. The summed E-state index contributed by atoms with van der Waals surface area (Å²) in [7, 11) is 0. The predicted molar refractivity (Wildman–Crippen MR) is 374 cm³/mol. The van der Waals surface area contributed by atoms with Crippen LogP contribution in [0.5, 0.6) is 23.0 Å². The number of rotatable bonds is 22. The van der Waals surface area contributed by atoms with Gasteiger partial charge in [0.15, 0.2) is 56.9 Å². The lowest BCUT2D eigenvalue weighted by atomic mass is 9.97. The molecule has 0 radical (unpaired) electrons. The van der Waals surface area contributed by atoms with Crippen LogP contribution in [-0.2, 0) is 92.0 Å². The van der Waals surface area contributed by atoms with Crippen LogP contribution in [0.3, 0.4) is 0 Å². The molecule has 113 heavy (non-hydrogen) atoms. The number of carboxylic acids is 2. The summed E-state index contributed by atoms with van der Waals surface area (Å²) in [6.45, 7) is 10.3. The lowest BCUT2D eigenvalue weighted by molar-refractivity contribution is -0.263. The van der Waals surface area contributed by atoms with Crippen LogP contribution in [-0.4, -0.2) is 212 Å². The SMILES string of the molecule is Cc1nc(/C(=N/OC2(C(=O)OC(C)(C)C)CC2)C(=O)C[C@H]2CON(C3(C(=O)OC(C)(C)C)C[C@H](N4C(=O)c5cc6c(cc5C4=O)OC(c4ccccc4)(c4ccccc4)O6)C(=O)O3)C2=O)ns1.Nc1nc(/C(=N/OC2(C(=O)O)CC2)C(=O)C[C@H]2CON(C3(C(=O)O)C[C@H](N4C(=O)c5cc(O)c(O)cc5C4=O)C(=O)O3)C2=O)ns1. The van der Waals surface area contributed by atoms with Crippen molar-refractivity contribution in [2.24, 2.45) is 22.1 Å². The van der Waals surface area contributed by atoms with E-state index < -0.39 is 202 Å². The molecule has 6 N–H and O–H groups in total. The number of aryl methyl sites for hydroxylation is 1. The topological polar surface area (TPSA) is 527 Å². The molecular formula is C72H65N11O28S2. The molecule has 2 aliphatic carbocycles. The molecule has 2 aromatic heterocycles. The summed E-state index contributed by atoms with van der Waals surface area (Å²) < 4.78 is 43.1. The summed E-state index contributed by atoms with van der Waals surface area (Å²) in [5.74, 6) is -21.2. The second kappa shape index (κ2) is 27.9. The molecule has 41 heteroatoms. The number of aromatic nitrogens is 4. The van der Waals surface area contributed by atoms with Crippen molar-refractivity contribution < 1.29 is 135 Å². The second-order valence-electron chi connectivity index (χ2n) is 29.4. The van der Waals surface area contributed by atoms with Gasteiger partial charge in [0.05, 0.1) is 60.1 Å². The minimum atomic E-state index is -2.87. The van der Waals surface area contributed by atoms with E-state index in [4.69, 9.17) is 53.5 Å². The zero-order chi connectivity index (χ0) is 81.1. The maximum atomic E-state index is 14.3. The Hall–Kier alpha value is -12.8. The first-order chi connectivity index (χ1) is 53.3.